The van der Waals surface area contributed by atoms with Crippen LogP contribution in [0, 0.1) is 13.8 Å². The van der Waals surface area contributed by atoms with Gasteiger partial charge in [-0.25, -0.2) is 4.79 Å². The highest BCUT2D eigenvalue weighted by molar-refractivity contribution is 9.10. The molecule has 6 heteroatoms. The lowest BCUT2D eigenvalue weighted by molar-refractivity contribution is -0.149. The number of nitrogens with one attached hydrogen (secondary N) is 1. The van der Waals surface area contributed by atoms with Gasteiger partial charge < -0.3 is 14.8 Å². The number of halogens is 1. The zero-order chi connectivity index (χ0) is 17.5. The number of anilines is 1. The average Bonchev–Trinajstić information content (AvgIpc) is 2.55. The molecule has 2 rings (SSSR count). The van der Waals surface area contributed by atoms with Crippen LogP contribution < -0.4 is 10.1 Å². The van der Waals surface area contributed by atoms with Crippen molar-refractivity contribution in [2.45, 2.75) is 13.8 Å². The zero-order valence-electron chi connectivity index (χ0n) is 13.5. The van der Waals surface area contributed by atoms with E-state index in [0.29, 0.717) is 11.4 Å². The van der Waals surface area contributed by atoms with Crippen molar-refractivity contribution < 1.29 is 19.1 Å². The number of carbonyl (C=O) groups is 2. The number of benzene rings is 2. The summed E-state index contributed by atoms with van der Waals surface area (Å²) in [6.45, 7) is 3.21. The molecule has 0 aromatic heterocycles. The number of carbonyl (C=O) groups excluding carboxylic acids is 2. The normalized spacial score (nSPS) is 10.1. The summed E-state index contributed by atoms with van der Waals surface area (Å²) in [7, 11) is 0. The number of para-hydroxylation sites is 1. The van der Waals surface area contributed by atoms with Crippen LogP contribution >= 0.6 is 15.9 Å². The Bertz CT molecular complexity index is 746. The third-order valence-corrected chi connectivity index (χ3v) is 4.13. The number of rotatable bonds is 6. The van der Waals surface area contributed by atoms with Crippen LogP contribution in [0.4, 0.5) is 5.69 Å². The van der Waals surface area contributed by atoms with Crippen molar-refractivity contribution in [2.75, 3.05) is 18.5 Å². The number of hydrogen-bond donors (Lipinski definition) is 1. The molecule has 0 bridgehead atoms. The second-order valence-electron chi connectivity index (χ2n) is 5.23. The molecule has 2 aromatic carbocycles. The fraction of sp³-hybridized carbons (Fsp3) is 0.222. The lowest BCUT2D eigenvalue weighted by atomic mass is 10.2. The van der Waals surface area contributed by atoms with Crippen molar-refractivity contribution in [3.63, 3.8) is 0 Å². The Hall–Kier alpha value is -2.34. The first kappa shape index (κ1) is 18.0. The standard InChI is InChI=1S/C18H18BrNO4/c1-12-5-3-4-6-16(12)23-11-18(22)24-10-17(21)20-14-7-8-15(19)13(2)9-14/h3-9H,10-11H2,1-2H3,(H,20,21). The molecule has 24 heavy (non-hydrogen) atoms. The molecule has 0 aliphatic heterocycles. The maximum atomic E-state index is 11.8. The van der Waals surface area contributed by atoms with Gasteiger partial charge in [0.05, 0.1) is 0 Å². The third-order valence-electron chi connectivity index (χ3n) is 3.25. The largest absolute Gasteiger partial charge is 0.482 e. The van der Waals surface area contributed by atoms with E-state index in [4.69, 9.17) is 9.47 Å². The van der Waals surface area contributed by atoms with Crippen LogP contribution in [0.3, 0.4) is 0 Å². The van der Waals surface area contributed by atoms with Gasteiger partial charge in [0, 0.05) is 10.2 Å². The van der Waals surface area contributed by atoms with E-state index in [0.717, 1.165) is 15.6 Å². The average molecular weight is 392 g/mol. The minimum Gasteiger partial charge on any atom is -0.482 e. The van der Waals surface area contributed by atoms with Crippen LogP contribution in [0.1, 0.15) is 11.1 Å². The van der Waals surface area contributed by atoms with Gasteiger partial charge in [-0.2, -0.15) is 0 Å². The molecule has 0 heterocycles. The quantitative estimate of drug-likeness (QED) is 0.763. The van der Waals surface area contributed by atoms with Gasteiger partial charge in [0.2, 0.25) is 0 Å². The van der Waals surface area contributed by atoms with E-state index in [1.165, 1.54) is 0 Å². The Balaban J connectivity index is 1.76. The molecule has 0 fully saturated rings. The topological polar surface area (TPSA) is 64.6 Å². The summed E-state index contributed by atoms with van der Waals surface area (Å²) in [5.74, 6) is -0.384. The Labute approximate surface area is 149 Å². The Morgan fingerprint density at radius 1 is 1.04 bits per heavy atom. The molecule has 1 amide bonds. The van der Waals surface area contributed by atoms with Crippen molar-refractivity contribution in [1.82, 2.24) is 0 Å². The molecule has 0 saturated heterocycles. The van der Waals surface area contributed by atoms with Crippen LogP contribution in [0.25, 0.3) is 0 Å². The van der Waals surface area contributed by atoms with Crippen LogP contribution in [0.2, 0.25) is 0 Å². The molecule has 0 unspecified atom stereocenters. The first-order valence-corrected chi connectivity index (χ1v) is 8.15. The first-order chi connectivity index (χ1) is 11.5. The molecule has 0 saturated carbocycles. The summed E-state index contributed by atoms with van der Waals surface area (Å²) in [4.78, 5) is 23.5. The summed E-state index contributed by atoms with van der Waals surface area (Å²) in [6, 6.07) is 12.8. The highest BCUT2D eigenvalue weighted by Gasteiger charge is 2.10. The zero-order valence-corrected chi connectivity index (χ0v) is 15.1. The van der Waals surface area contributed by atoms with E-state index < -0.39 is 11.9 Å². The van der Waals surface area contributed by atoms with E-state index in [1.807, 2.05) is 44.2 Å². The van der Waals surface area contributed by atoms with Gasteiger partial charge in [-0.05, 0) is 49.2 Å². The molecular weight excluding hydrogens is 374 g/mol. The summed E-state index contributed by atoms with van der Waals surface area (Å²) in [5, 5.41) is 2.67. The van der Waals surface area contributed by atoms with Gasteiger partial charge in [0.25, 0.3) is 5.91 Å². The highest BCUT2D eigenvalue weighted by atomic mass is 79.9. The predicted octanol–water partition coefficient (Wildman–Crippen LogP) is 3.63. The van der Waals surface area contributed by atoms with Gasteiger partial charge in [-0.15, -0.1) is 0 Å². The maximum absolute atomic E-state index is 11.8. The molecule has 0 atom stereocenters. The SMILES string of the molecule is Cc1cc(NC(=O)COC(=O)COc2ccccc2C)ccc1Br. The van der Waals surface area contributed by atoms with Gasteiger partial charge >= 0.3 is 5.97 Å². The van der Waals surface area contributed by atoms with Gasteiger partial charge in [0.1, 0.15) is 5.75 Å². The smallest absolute Gasteiger partial charge is 0.344 e. The van der Waals surface area contributed by atoms with Crippen molar-refractivity contribution in [3.05, 3.63) is 58.1 Å². The van der Waals surface area contributed by atoms with Crippen molar-refractivity contribution >= 4 is 33.5 Å². The number of esters is 1. The molecular formula is C18H18BrNO4. The third kappa shape index (κ3) is 5.38. The molecule has 2 aromatic rings. The number of aryl methyl sites for hydroxylation is 2. The van der Waals surface area contributed by atoms with E-state index in [1.54, 1.807) is 12.1 Å². The predicted molar refractivity (Wildman–Crippen MR) is 95.1 cm³/mol. The van der Waals surface area contributed by atoms with Crippen LogP contribution in [0.5, 0.6) is 5.75 Å². The fourth-order valence-electron chi connectivity index (χ4n) is 1.96. The lowest BCUT2D eigenvalue weighted by Gasteiger charge is -2.10. The lowest BCUT2D eigenvalue weighted by Crippen LogP contribution is -2.23. The van der Waals surface area contributed by atoms with Crippen LogP contribution in [-0.2, 0) is 14.3 Å². The minimum atomic E-state index is -0.597. The molecule has 5 nitrogen and oxygen atoms in total. The highest BCUT2D eigenvalue weighted by Crippen LogP contribution is 2.20. The second kappa shape index (κ2) is 8.49. The van der Waals surface area contributed by atoms with E-state index in [9.17, 15) is 9.59 Å². The summed E-state index contributed by atoms with van der Waals surface area (Å²) < 4.78 is 11.2. The Kier molecular flexibility index (Phi) is 6.37. The Morgan fingerprint density at radius 3 is 2.50 bits per heavy atom. The van der Waals surface area contributed by atoms with Crippen LogP contribution in [-0.4, -0.2) is 25.1 Å². The summed E-state index contributed by atoms with van der Waals surface area (Å²) in [5.41, 5.74) is 2.57. The molecule has 0 spiro atoms. The first-order valence-electron chi connectivity index (χ1n) is 7.36. The summed E-state index contributed by atoms with van der Waals surface area (Å²) >= 11 is 3.39. The number of hydrogen-bond acceptors (Lipinski definition) is 4. The molecule has 0 aliphatic rings. The molecule has 126 valence electrons. The second-order valence-corrected chi connectivity index (χ2v) is 6.08. The monoisotopic (exact) mass is 391 g/mol. The maximum Gasteiger partial charge on any atom is 0.344 e. The van der Waals surface area contributed by atoms with Crippen molar-refractivity contribution in [3.8, 4) is 5.75 Å². The van der Waals surface area contributed by atoms with E-state index in [-0.39, 0.29) is 13.2 Å². The molecule has 0 radical (unpaired) electrons. The van der Waals surface area contributed by atoms with Crippen molar-refractivity contribution in [1.29, 1.82) is 0 Å². The molecule has 1 N–H and O–H groups in total. The minimum absolute atomic E-state index is 0.241. The van der Waals surface area contributed by atoms with Crippen LogP contribution in [0.15, 0.2) is 46.9 Å². The number of ether oxygens (including phenoxy) is 2. The Morgan fingerprint density at radius 2 is 1.79 bits per heavy atom. The molecule has 0 aliphatic carbocycles. The summed E-state index contributed by atoms with van der Waals surface area (Å²) in [6.07, 6.45) is 0. The van der Waals surface area contributed by atoms with Crippen molar-refractivity contribution in [2.24, 2.45) is 0 Å². The van der Waals surface area contributed by atoms with E-state index >= 15 is 0 Å². The van der Waals surface area contributed by atoms with Gasteiger partial charge in [-0.3, -0.25) is 4.79 Å². The van der Waals surface area contributed by atoms with Gasteiger partial charge in [0.15, 0.2) is 13.2 Å². The van der Waals surface area contributed by atoms with E-state index in [2.05, 4.69) is 21.2 Å². The fourth-order valence-corrected chi connectivity index (χ4v) is 2.21. The van der Waals surface area contributed by atoms with Gasteiger partial charge in [-0.1, -0.05) is 34.1 Å². The number of amides is 1.